The second-order valence-corrected chi connectivity index (χ2v) is 3.37. The summed E-state index contributed by atoms with van der Waals surface area (Å²) in [6.07, 6.45) is 0. The van der Waals surface area contributed by atoms with E-state index in [2.05, 4.69) is 6.58 Å². The van der Waals surface area contributed by atoms with Crippen molar-refractivity contribution in [1.29, 1.82) is 5.26 Å². The molecule has 0 amide bonds. The number of hydrogen-bond donors (Lipinski definition) is 0. The lowest BCUT2D eigenvalue weighted by Gasteiger charge is -2.07. The first-order valence-electron chi connectivity index (χ1n) is 3.72. The molecule has 0 fully saturated rings. The van der Waals surface area contributed by atoms with Gasteiger partial charge in [-0.1, -0.05) is 29.8 Å². The molecule has 1 rings (SSSR count). The number of nitrogens with zero attached hydrogens (tertiary/aromatic N) is 1. The van der Waals surface area contributed by atoms with Crippen LogP contribution in [0.3, 0.4) is 0 Å². The highest BCUT2D eigenvalue weighted by molar-refractivity contribution is 6.35. The predicted octanol–water partition coefficient (Wildman–Crippen LogP) is 3.54. The molecule has 0 heterocycles. The van der Waals surface area contributed by atoms with Crippen molar-refractivity contribution in [2.24, 2.45) is 0 Å². The van der Waals surface area contributed by atoms with Crippen LogP contribution in [0.25, 0.3) is 5.57 Å². The fourth-order valence-electron chi connectivity index (χ4n) is 0.977. The van der Waals surface area contributed by atoms with Crippen molar-refractivity contribution in [3.63, 3.8) is 0 Å². The van der Waals surface area contributed by atoms with E-state index >= 15 is 0 Å². The lowest BCUT2D eigenvalue weighted by atomic mass is 10.1. The molecule has 0 aliphatic rings. The zero-order chi connectivity index (χ0) is 10.7. The summed E-state index contributed by atoms with van der Waals surface area (Å²) in [5.41, 5.74) is 0.805. The van der Waals surface area contributed by atoms with Crippen molar-refractivity contribution in [2.45, 2.75) is 0 Å². The van der Waals surface area contributed by atoms with E-state index in [1.54, 1.807) is 12.1 Å². The highest BCUT2D eigenvalue weighted by Gasteiger charge is 2.09. The minimum atomic E-state index is 0.277. The number of nitriles is 1. The molecule has 14 heavy (non-hydrogen) atoms. The van der Waals surface area contributed by atoms with Crippen LogP contribution < -0.4 is 4.74 Å². The van der Waals surface area contributed by atoms with E-state index in [-0.39, 0.29) is 5.57 Å². The molecule has 1 aromatic rings. The SMILES string of the molecule is C=C(C#N)c1cc(Cl)c(OC)cc1Cl. The van der Waals surface area contributed by atoms with E-state index in [1.165, 1.54) is 7.11 Å². The summed E-state index contributed by atoms with van der Waals surface area (Å²) >= 11 is 11.8. The zero-order valence-corrected chi connectivity index (χ0v) is 8.99. The summed E-state index contributed by atoms with van der Waals surface area (Å²) in [5.74, 6) is 0.478. The predicted molar refractivity (Wildman–Crippen MR) is 57.7 cm³/mol. The first-order valence-corrected chi connectivity index (χ1v) is 4.48. The van der Waals surface area contributed by atoms with Gasteiger partial charge < -0.3 is 4.74 Å². The van der Waals surface area contributed by atoms with E-state index in [1.807, 2.05) is 6.07 Å². The first kappa shape index (κ1) is 10.9. The Hall–Kier alpha value is -1.17. The second-order valence-electron chi connectivity index (χ2n) is 2.56. The van der Waals surface area contributed by atoms with Crippen LogP contribution in [-0.4, -0.2) is 7.11 Å². The van der Waals surface area contributed by atoms with Gasteiger partial charge in [0.2, 0.25) is 0 Å². The molecule has 1 aromatic carbocycles. The summed E-state index contributed by atoms with van der Waals surface area (Å²) in [5, 5.41) is 9.45. The Labute approximate surface area is 92.3 Å². The molecule has 0 spiro atoms. The number of halogens is 2. The van der Waals surface area contributed by atoms with Gasteiger partial charge in [-0.05, 0) is 6.07 Å². The van der Waals surface area contributed by atoms with Crippen LogP contribution in [0.1, 0.15) is 5.56 Å². The van der Waals surface area contributed by atoms with Gasteiger partial charge in [0.15, 0.2) is 0 Å². The lowest BCUT2D eigenvalue weighted by molar-refractivity contribution is 0.415. The topological polar surface area (TPSA) is 33.0 Å². The molecule has 0 unspecified atom stereocenters. The maximum Gasteiger partial charge on any atom is 0.138 e. The third-order valence-electron chi connectivity index (χ3n) is 1.70. The Morgan fingerprint density at radius 2 is 2.07 bits per heavy atom. The van der Waals surface area contributed by atoms with Crippen molar-refractivity contribution in [1.82, 2.24) is 0 Å². The molecule has 0 aliphatic carbocycles. The Morgan fingerprint density at radius 1 is 1.43 bits per heavy atom. The molecule has 72 valence electrons. The Bertz CT molecular complexity index is 421. The Morgan fingerprint density at radius 3 is 2.57 bits per heavy atom. The smallest absolute Gasteiger partial charge is 0.138 e. The van der Waals surface area contributed by atoms with E-state index in [0.29, 0.717) is 21.4 Å². The highest BCUT2D eigenvalue weighted by Crippen LogP contribution is 2.33. The molecule has 0 atom stereocenters. The summed E-state index contributed by atoms with van der Waals surface area (Å²) in [6.45, 7) is 3.56. The van der Waals surface area contributed by atoms with Crippen LogP contribution in [-0.2, 0) is 0 Å². The van der Waals surface area contributed by atoms with Gasteiger partial charge in [0.1, 0.15) is 5.75 Å². The van der Waals surface area contributed by atoms with E-state index in [4.69, 9.17) is 33.2 Å². The van der Waals surface area contributed by atoms with Crippen LogP contribution in [0.15, 0.2) is 18.7 Å². The fraction of sp³-hybridized carbons (Fsp3) is 0.100. The number of benzene rings is 1. The molecule has 2 nitrogen and oxygen atoms in total. The lowest BCUT2D eigenvalue weighted by Crippen LogP contribution is -1.88. The van der Waals surface area contributed by atoms with Crippen molar-refractivity contribution in [2.75, 3.05) is 7.11 Å². The summed E-state index contributed by atoms with van der Waals surface area (Å²) in [4.78, 5) is 0. The van der Waals surface area contributed by atoms with E-state index < -0.39 is 0 Å². The number of ether oxygens (including phenoxy) is 1. The van der Waals surface area contributed by atoms with Gasteiger partial charge in [0.25, 0.3) is 0 Å². The third kappa shape index (κ3) is 2.01. The second kappa shape index (κ2) is 4.36. The van der Waals surface area contributed by atoms with Crippen molar-refractivity contribution in [3.8, 4) is 11.8 Å². The molecule has 0 bridgehead atoms. The fourth-order valence-corrected chi connectivity index (χ4v) is 1.49. The van der Waals surface area contributed by atoms with Gasteiger partial charge in [-0.2, -0.15) is 5.26 Å². The average molecular weight is 228 g/mol. The minimum absolute atomic E-state index is 0.277. The van der Waals surface area contributed by atoms with E-state index in [9.17, 15) is 0 Å². The monoisotopic (exact) mass is 227 g/mol. The molecule has 0 saturated heterocycles. The van der Waals surface area contributed by atoms with Crippen LogP contribution in [0.5, 0.6) is 5.75 Å². The molecular formula is C10H7Cl2NO. The van der Waals surface area contributed by atoms with Crippen LogP contribution in [0.2, 0.25) is 10.0 Å². The van der Waals surface area contributed by atoms with Crippen LogP contribution >= 0.6 is 23.2 Å². The van der Waals surface area contributed by atoms with Crippen LogP contribution in [0.4, 0.5) is 0 Å². The maximum absolute atomic E-state index is 8.65. The summed E-state index contributed by atoms with van der Waals surface area (Å²) in [6, 6.07) is 5.03. The summed E-state index contributed by atoms with van der Waals surface area (Å²) in [7, 11) is 1.50. The van der Waals surface area contributed by atoms with Crippen molar-refractivity contribution in [3.05, 3.63) is 34.3 Å². The van der Waals surface area contributed by atoms with Crippen molar-refractivity contribution >= 4 is 28.8 Å². The van der Waals surface area contributed by atoms with Crippen LogP contribution in [0, 0.1) is 11.3 Å². The van der Waals surface area contributed by atoms with Gasteiger partial charge >= 0.3 is 0 Å². The standard InChI is InChI=1S/C10H7Cl2NO/c1-6(5-13)7-3-9(12)10(14-2)4-8(7)11/h3-4H,1H2,2H3. The molecular weight excluding hydrogens is 221 g/mol. The number of methoxy groups -OCH3 is 1. The normalized spacial score (nSPS) is 9.29. The third-order valence-corrected chi connectivity index (χ3v) is 2.31. The maximum atomic E-state index is 8.65. The summed E-state index contributed by atoms with van der Waals surface area (Å²) < 4.78 is 4.97. The van der Waals surface area contributed by atoms with Gasteiger partial charge in [-0.15, -0.1) is 0 Å². The minimum Gasteiger partial charge on any atom is -0.495 e. The quantitative estimate of drug-likeness (QED) is 0.725. The molecule has 4 heteroatoms. The number of allylic oxidation sites excluding steroid dienone is 1. The van der Waals surface area contributed by atoms with E-state index in [0.717, 1.165) is 0 Å². The number of hydrogen-bond acceptors (Lipinski definition) is 2. The van der Waals surface area contributed by atoms with Gasteiger partial charge in [-0.25, -0.2) is 0 Å². The molecule has 0 N–H and O–H groups in total. The average Bonchev–Trinajstić information content (AvgIpc) is 2.19. The largest absolute Gasteiger partial charge is 0.495 e. The Kier molecular flexibility index (Phi) is 3.40. The van der Waals surface area contributed by atoms with Gasteiger partial charge in [0.05, 0.1) is 28.8 Å². The molecule has 0 aromatic heterocycles. The van der Waals surface area contributed by atoms with Crippen molar-refractivity contribution < 1.29 is 4.74 Å². The number of rotatable bonds is 2. The van der Waals surface area contributed by atoms with Gasteiger partial charge in [0, 0.05) is 11.6 Å². The zero-order valence-electron chi connectivity index (χ0n) is 7.47. The highest BCUT2D eigenvalue weighted by atomic mass is 35.5. The molecule has 0 saturated carbocycles. The Balaban J connectivity index is 3.30. The molecule has 0 radical (unpaired) electrons. The molecule has 0 aliphatic heterocycles. The first-order chi connectivity index (χ1) is 6.60. The van der Waals surface area contributed by atoms with Gasteiger partial charge in [-0.3, -0.25) is 0 Å².